The molecule has 0 aliphatic heterocycles. The summed E-state index contributed by atoms with van der Waals surface area (Å²) < 4.78 is 0. The van der Waals surface area contributed by atoms with Gasteiger partial charge in [-0.3, -0.25) is 4.79 Å². The number of imidazole rings is 1. The molecule has 0 spiro atoms. The molecular weight excluding hydrogens is 370 g/mol. The average Bonchev–Trinajstić information content (AvgIpc) is 3.28. The maximum atomic E-state index is 13.2. The minimum absolute atomic E-state index is 0.00164. The highest BCUT2D eigenvalue weighted by atomic mass is 16.2. The topological polar surface area (TPSA) is 49.0 Å². The number of carbonyl (C=O) groups excluding carboxylic acids is 1. The first-order chi connectivity index (χ1) is 14.7. The third kappa shape index (κ3) is 4.13. The molecule has 0 fully saturated rings. The second-order valence-electron chi connectivity index (χ2n) is 7.70. The lowest BCUT2D eigenvalue weighted by atomic mass is 9.96. The van der Waals surface area contributed by atoms with Gasteiger partial charge in [-0.25, -0.2) is 4.98 Å². The summed E-state index contributed by atoms with van der Waals surface area (Å²) in [5.41, 5.74) is 4.45. The van der Waals surface area contributed by atoms with Gasteiger partial charge in [-0.1, -0.05) is 73.7 Å². The largest absolute Gasteiger partial charge is 0.348 e. The van der Waals surface area contributed by atoms with Gasteiger partial charge in [-0.05, 0) is 29.9 Å². The van der Waals surface area contributed by atoms with E-state index < -0.39 is 0 Å². The number of hydrogen-bond donors (Lipinski definition) is 1. The number of aromatic amines is 1. The van der Waals surface area contributed by atoms with Gasteiger partial charge < -0.3 is 9.88 Å². The molecule has 0 saturated heterocycles. The molecule has 0 aliphatic rings. The summed E-state index contributed by atoms with van der Waals surface area (Å²) >= 11 is 0. The summed E-state index contributed by atoms with van der Waals surface area (Å²) in [6.07, 6.45) is 5.48. The van der Waals surface area contributed by atoms with Crippen LogP contribution in [0.15, 0.2) is 79.3 Å². The molecule has 1 atom stereocenters. The lowest BCUT2D eigenvalue weighted by Gasteiger charge is -2.32. The van der Waals surface area contributed by atoms with E-state index in [2.05, 4.69) is 65.4 Å². The van der Waals surface area contributed by atoms with Gasteiger partial charge in [-0.15, -0.1) is 0 Å². The number of carbonyl (C=O) groups is 1. The molecule has 152 valence electrons. The Hall–Kier alpha value is -3.40. The number of anilines is 1. The Morgan fingerprint density at radius 2 is 1.80 bits per heavy atom. The van der Waals surface area contributed by atoms with Crippen molar-refractivity contribution in [1.29, 1.82) is 0 Å². The van der Waals surface area contributed by atoms with Crippen LogP contribution in [-0.4, -0.2) is 21.9 Å². The number of amides is 1. The Balaban J connectivity index is 1.85. The fourth-order valence-corrected chi connectivity index (χ4v) is 4.11. The Labute approximate surface area is 177 Å². The number of rotatable bonds is 7. The van der Waals surface area contributed by atoms with Gasteiger partial charge in [0.2, 0.25) is 5.91 Å². The number of fused-ring (bicyclic) bond motifs is 1. The molecule has 1 aromatic heterocycles. The molecule has 0 saturated carbocycles. The second kappa shape index (κ2) is 8.95. The highest BCUT2D eigenvalue weighted by molar-refractivity contribution is 6.05. The summed E-state index contributed by atoms with van der Waals surface area (Å²) in [7, 11) is 0. The number of H-pyrrole nitrogens is 1. The van der Waals surface area contributed by atoms with Crippen molar-refractivity contribution >= 4 is 22.4 Å². The van der Waals surface area contributed by atoms with Crippen molar-refractivity contribution in [1.82, 2.24) is 9.97 Å². The second-order valence-corrected chi connectivity index (χ2v) is 7.70. The number of nitrogens with zero attached hydrogens (tertiary/aromatic N) is 2. The van der Waals surface area contributed by atoms with Gasteiger partial charge in [0.25, 0.3) is 0 Å². The Morgan fingerprint density at radius 3 is 2.53 bits per heavy atom. The molecular formula is C26H27N3O. The zero-order valence-corrected chi connectivity index (χ0v) is 17.5. The van der Waals surface area contributed by atoms with Crippen LogP contribution in [0.3, 0.4) is 0 Å². The molecule has 1 amide bonds. The highest BCUT2D eigenvalue weighted by Gasteiger charge is 2.25. The lowest BCUT2D eigenvalue weighted by molar-refractivity contribution is -0.118. The van der Waals surface area contributed by atoms with Crippen molar-refractivity contribution in [2.45, 2.75) is 39.2 Å². The standard InChI is InChI=1S/C26H27N3O/c1-3-25(30)29(19(2)15-23-17-27-18-28-23)26-22(16-20-9-5-4-6-10-20)14-13-21-11-7-8-12-24(21)26/h4-14,17-19H,3,15-16H2,1-2H3,(H,27,28). The van der Waals surface area contributed by atoms with Crippen molar-refractivity contribution < 1.29 is 4.79 Å². The molecule has 4 nitrogen and oxygen atoms in total. The van der Waals surface area contributed by atoms with E-state index in [0.717, 1.165) is 40.6 Å². The molecule has 1 unspecified atom stereocenters. The van der Waals surface area contributed by atoms with Crippen LogP contribution in [0.4, 0.5) is 5.69 Å². The Morgan fingerprint density at radius 1 is 1.03 bits per heavy atom. The van der Waals surface area contributed by atoms with E-state index >= 15 is 0 Å². The smallest absolute Gasteiger partial charge is 0.226 e. The molecule has 0 bridgehead atoms. The predicted molar refractivity (Wildman–Crippen MR) is 123 cm³/mol. The third-order valence-corrected chi connectivity index (χ3v) is 5.54. The molecule has 4 rings (SSSR count). The molecule has 4 aromatic rings. The van der Waals surface area contributed by atoms with E-state index in [1.54, 1.807) is 6.33 Å². The van der Waals surface area contributed by atoms with Crippen LogP contribution in [0, 0.1) is 0 Å². The highest BCUT2D eigenvalue weighted by Crippen LogP contribution is 2.34. The Bertz CT molecular complexity index is 1120. The van der Waals surface area contributed by atoms with E-state index in [1.165, 1.54) is 5.56 Å². The number of aromatic nitrogens is 2. The molecule has 3 aromatic carbocycles. The van der Waals surface area contributed by atoms with Gasteiger partial charge in [0.05, 0.1) is 12.0 Å². The van der Waals surface area contributed by atoms with Crippen LogP contribution in [0.1, 0.15) is 37.1 Å². The zero-order chi connectivity index (χ0) is 20.9. The number of hydrogen-bond acceptors (Lipinski definition) is 2. The SMILES string of the molecule is CCC(=O)N(c1c(Cc2ccccc2)ccc2ccccc12)C(C)Cc1cnc[nH]1. The van der Waals surface area contributed by atoms with E-state index in [9.17, 15) is 4.79 Å². The summed E-state index contributed by atoms with van der Waals surface area (Å²) in [5, 5.41) is 2.26. The average molecular weight is 398 g/mol. The number of nitrogens with one attached hydrogen (secondary N) is 1. The van der Waals surface area contributed by atoms with Crippen LogP contribution >= 0.6 is 0 Å². The summed E-state index contributed by atoms with van der Waals surface area (Å²) in [6.45, 7) is 4.04. The van der Waals surface area contributed by atoms with Gasteiger partial charge in [0, 0.05) is 36.2 Å². The van der Waals surface area contributed by atoms with E-state index in [0.29, 0.717) is 6.42 Å². The van der Waals surface area contributed by atoms with Crippen molar-refractivity contribution in [2.24, 2.45) is 0 Å². The van der Waals surface area contributed by atoms with Crippen molar-refractivity contribution in [2.75, 3.05) is 4.90 Å². The normalized spacial score (nSPS) is 12.1. The maximum Gasteiger partial charge on any atom is 0.226 e. The van der Waals surface area contributed by atoms with Crippen molar-refractivity contribution in [3.05, 3.63) is 96.1 Å². The molecule has 0 radical (unpaired) electrons. The minimum Gasteiger partial charge on any atom is -0.348 e. The first-order valence-electron chi connectivity index (χ1n) is 10.5. The van der Waals surface area contributed by atoms with Crippen LogP contribution in [0.25, 0.3) is 10.8 Å². The quantitative estimate of drug-likeness (QED) is 0.446. The first kappa shape index (κ1) is 19.9. The maximum absolute atomic E-state index is 13.2. The van der Waals surface area contributed by atoms with Crippen LogP contribution in [0.2, 0.25) is 0 Å². The van der Waals surface area contributed by atoms with Crippen molar-refractivity contribution in [3.8, 4) is 0 Å². The first-order valence-corrected chi connectivity index (χ1v) is 10.5. The third-order valence-electron chi connectivity index (χ3n) is 5.54. The van der Waals surface area contributed by atoms with Crippen molar-refractivity contribution in [3.63, 3.8) is 0 Å². The predicted octanol–water partition coefficient (Wildman–Crippen LogP) is 5.53. The number of benzene rings is 3. The van der Waals surface area contributed by atoms with E-state index in [-0.39, 0.29) is 11.9 Å². The van der Waals surface area contributed by atoms with Crippen LogP contribution in [-0.2, 0) is 17.6 Å². The fraction of sp³-hybridized carbons (Fsp3) is 0.231. The van der Waals surface area contributed by atoms with Gasteiger partial charge >= 0.3 is 0 Å². The van der Waals surface area contributed by atoms with Crippen LogP contribution in [0.5, 0.6) is 0 Å². The molecule has 0 aliphatic carbocycles. The van der Waals surface area contributed by atoms with Crippen LogP contribution < -0.4 is 4.90 Å². The van der Waals surface area contributed by atoms with E-state index in [1.807, 2.05) is 36.2 Å². The summed E-state index contributed by atoms with van der Waals surface area (Å²) in [5.74, 6) is 0.132. The van der Waals surface area contributed by atoms with Gasteiger partial charge in [-0.2, -0.15) is 0 Å². The molecule has 30 heavy (non-hydrogen) atoms. The molecule has 4 heteroatoms. The Kier molecular flexibility index (Phi) is 5.94. The lowest BCUT2D eigenvalue weighted by Crippen LogP contribution is -2.40. The molecule has 1 heterocycles. The zero-order valence-electron chi connectivity index (χ0n) is 17.5. The summed E-state index contributed by atoms with van der Waals surface area (Å²) in [6, 6.07) is 23.1. The fourth-order valence-electron chi connectivity index (χ4n) is 4.11. The van der Waals surface area contributed by atoms with Gasteiger partial charge in [0.15, 0.2) is 0 Å². The molecule has 1 N–H and O–H groups in total. The monoisotopic (exact) mass is 397 g/mol. The minimum atomic E-state index is -0.00164. The summed E-state index contributed by atoms with van der Waals surface area (Å²) in [4.78, 5) is 22.5. The van der Waals surface area contributed by atoms with Gasteiger partial charge in [0.1, 0.15) is 0 Å². The van der Waals surface area contributed by atoms with E-state index in [4.69, 9.17) is 0 Å².